The van der Waals surface area contributed by atoms with Crippen molar-refractivity contribution in [1.82, 2.24) is 10.2 Å². The van der Waals surface area contributed by atoms with Crippen LogP contribution in [0.2, 0.25) is 5.02 Å². The van der Waals surface area contributed by atoms with Crippen molar-refractivity contribution in [2.24, 2.45) is 0 Å². The van der Waals surface area contributed by atoms with E-state index in [1.165, 1.54) is 25.3 Å². The molecule has 0 saturated carbocycles. The van der Waals surface area contributed by atoms with E-state index in [9.17, 15) is 13.2 Å². The molecule has 1 aromatic heterocycles. The first-order chi connectivity index (χ1) is 11.4. The summed E-state index contributed by atoms with van der Waals surface area (Å²) in [4.78, 5) is 11.4. The van der Waals surface area contributed by atoms with Gasteiger partial charge in [-0.2, -0.15) is 5.10 Å². The minimum Gasteiger partial charge on any atom is -0.465 e. The largest absolute Gasteiger partial charge is 0.465 e. The van der Waals surface area contributed by atoms with Gasteiger partial charge < -0.3 is 4.74 Å². The van der Waals surface area contributed by atoms with Gasteiger partial charge in [-0.25, -0.2) is 13.2 Å². The third kappa shape index (κ3) is 3.06. The molecule has 0 aliphatic heterocycles. The van der Waals surface area contributed by atoms with Crippen LogP contribution in [0.3, 0.4) is 0 Å². The van der Waals surface area contributed by atoms with E-state index in [0.29, 0.717) is 5.69 Å². The van der Waals surface area contributed by atoms with E-state index < -0.39 is 16.0 Å². The minimum absolute atomic E-state index is 0.000424. The first kappa shape index (κ1) is 16.3. The summed E-state index contributed by atoms with van der Waals surface area (Å²) in [6.45, 7) is 0. The van der Waals surface area contributed by atoms with E-state index in [1.807, 2.05) is 0 Å². The van der Waals surface area contributed by atoms with E-state index in [0.717, 1.165) is 10.9 Å². The number of aromatic amines is 1. The first-order valence-corrected chi connectivity index (χ1v) is 8.60. The van der Waals surface area contributed by atoms with E-state index in [1.54, 1.807) is 24.4 Å². The number of ether oxygens (including phenoxy) is 1. The van der Waals surface area contributed by atoms with Gasteiger partial charge in [-0.1, -0.05) is 11.6 Å². The topological polar surface area (TPSA) is 101 Å². The van der Waals surface area contributed by atoms with Crippen molar-refractivity contribution in [3.05, 3.63) is 53.2 Å². The molecule has 7 nitrogen and oxygen atoms in total. The second-order valence-corrected chi connectivity index (χ2v) is 6.97. The quantitative estimate of drug-likeness (QED) is 0.692. The van der Waals surface area contributed by atoms with E-state index in [4.69, 9.17) is 11.6 Å². The third-order valence-electron chi connectivity index (χ3n) is 3.33. The number of hydrogen-bond acceptors (Lipinski definition) is 5. The standard InChI is InChI=1S/C15H12ClN3O4S/c1-23-15(20)9-2-4-12(16)14(7-9)24(21,22)19-11-3-5-13-10(6-11)8-17-18-13/h2-8,19H,1H3,(H,17,18). The zero-order chi connectivity index (χ0) is 17.3. The number of carbonyl (C=O) groups excluding carboxylic acids is 1. The molecule has 0 bridgehead atoms. The molecule has 0 radical (unpaired) electrons. The summed E-state index contributed by atoms with van der Waals surface area (Å²) >= 11 is 5.99. The maximum atomic E-state index is 12.6. The van der Waals surface area contributed by atoms with Gasteiger partial charge in [0.15, 0.2) is 0 Å². The van der Waals surface area contributed by atoms with Crippen LogP contribution in [0.4, 0.5) is 5.69 Å². The molecule has 0 spiro atoms. The summed E-state index contributed by atoms with van der Waals surface area (Å²) in [5.74, 6) is -0.650. The number of nitrogens with one attached hydrogen (secondary N) is 2. The van der Waals surface area contributed by atoms with Crippen LogP contribution in [0.25, 0.3) is 10.9 Å². The zero-order valence-corrected chi connectivity index (χ0v) is 14.0. The van der Waals surface area contributed by atoms with E-state index in [2.05, 4.69) is 19.7 Å². The molecule has 3 aromatic rings. The lowest BCUT2D eigenvalue weighted by Gasteiger charge is -2.10. The molecule has 0 aliphatic rings. The molecule has 1 heterocycles. The molecule has 0 unspecified atom stereocenters. The number of H-pyrrole nitrogens is 1. The maximum Gasteiger partial charge on any atom is 0.337 e. The third-order valence-corrected chi connectivity index (χ3v) is 5.20. The molecule has 0 fully saturated rings. The number of anilines is 1. The van der Waals surface area contributed by atoms with Gasteiger partial charge in [0.25, 0.3) is 10.0 Å². The Morgan fingerprint density at radius 3 is 2.79 bits per heavy atom. The SMILES string of the molecule is COC(=O)c1ccc(Cl)c(S(=O)(=O)Nc2ccc3[nH]ncc3c2)c1. The number of esters is 1. The number of nitrogens with zero attached hydrogens (tertiary/aromatic N) is 1. The van der Waals surface area contributed by atoms with Crippen LogP contribution < -0.4 is 4.72 Å². The summed E-state index contributed by atoms with van der Waals surface area (Å²) in [6, 6.07) is 8.83. The molecule has 0 saturated heterocycles. The van der Waals surface area contributed by atoms with Crippen LogP contribution in [0, 0.1) is 0 Å². The fourth-order valence-corrected chi connectivity index (χ4v) is 3.75. The number of sulfonamides is 1. The van der Waals surface area contributed by atoms with Crippen molar-refractivity contribution in [1.29, 1.82) is 0 Å². The molecular formula is C15H12ClN3O4S. The molecule has 24 heavy (non-hydrogen) atoms. The van der Waals surface area contributed by atoms with Crippen LogP contribution >= 0.6 is 11.6 Å². The number of rotatable bonds is 4. The van der Waals surface area contributed by atoms with Gasteiger partial charge in [-0.3, -0.25) is 9.82 Å². The number of hydrogen-bond donors (Lipinski definition) is 2. The molecular weight excluding hydrogens is 354 g/mol. The molecule has 9 heteroatoms. The van der Waals surface area contributed by atoms with Gasteiger partial charge in [0.1, 0.15) is 4.90 Å². The van der Waals surface area contributed by atoms with Crippen LogP contribution in [0.1, 0.15) is 10.4 Å². The number of carbonyl (C=O) groups is 1. The Morgan fingerprint density at radius 1 is 1.25 bits per heavy atom. The summed E-state index contributed by atoms with van der Waals surface area (Å²) in [7, 11) is -2.77. The lowest BCUT2D eigenvalue weighted by atomic mass is 10.2. The fraction of sp³-hybridized carbons (Fsp3) is 0.0667. The van der Waals surface area contributed by atoms with Crippen molar-refractivity contribution in [2.75, 3.05) is 11.8 Å². The number of halogens is 1. The monoisotopic (exact) mass is 365 g/mol. The van der Waals surface area contributed by atoms with Crippen molar-refractivity contribution in [3.63, 3.8) is 0 Å². The van der Waals surface area contributed by atoms with Crippen molar-refractivity contribution in [2.45, 2.75) is 4.90 Å². The number of aromatic nitrogens is 2. The summed E-state index contributed by atoms with van der Waals surface area (Å²) in [6.07, 6.45) is 1.58. The van der Waals surface area contributed by atoms with Gasteiger partial charge in [0.2, 0.25) is 0 Å². The molecule has 3 rings (SSSR count). The smallest absolute Gasteiger partial charge is 0.337 e. The van der Waals surface area contributed by atoms with Gasteiger partial charge >= 0.3 is 5.97 Å². The summed E-state index contributed by atoms with van der Waals surface area (Å²) < 4.78 is 32.2. The van der Waals surface area contributed by atoms with Crippen LogP contribution in [-0.4, -0.2) is 31.7 Å². The predicted molar refractivity (Wildman–Crippen MR) is 89.7 cm³/mol. The fourth-order valence-electron chi connectivity index (χ4n) is 2.17. The average Bonchev–Trinajstić information content (AvgIpc) is 3.01. The number of methoxy groups -OCH3 is 1. The highest BCUT2D eigenvalue weighted by Crippen LogP contribution is 2.26. The highest BCUT2D eigenvalue weighted by Gasteiger charge is 2.21. The molecule has 0 aliphatic carbocycles. The Labute approximate surface area is 142 Å². The highest BCUT2D eigenvalue weighted by molar-refractivity contribution is 7.92. The molecule has 0 amide bonds. The minimum atomic E-state index is -3.98. The second-order valence-electron chi connectivity index (χ2n) is 4.91. The molecule has 2 aromatic carbocycles. The molecule has 124 valence electrons. The van der Waals surface area contributed by atoms with Crippen LogP contribution in [-0.2, 0) is 14.8 Å². The second kappa shape index (κ2) is 6.14. The number of fused-ring (bicyclic) bond motifs is 1. The summed E-state index contributed by atoms with van der Waals surface area (Å²) in [5.41, 5.74) is 1.22. The van der Waals surface area contributed by atoms with Gasteiger partial charge in [0, 0.05) is 11.1 Å². The van der Waals surface area contributed by atoms with Crippen LogP contribution in [0.15, 0.2) is 47.5 Å². The average molecular weight is 366 g/mol. The van der Waals surface area contributed by atoms with Gasteiger partial charge in [0.05, 0.1) is 29.4 Å². The van der Waals surface area contributed by atoms with E-state index >= 15 is 0 Å². The Balaban J connectivity index is 1.99. The number of benzene rings is 2. The maximum absolute atomic E-state index is 12.6. The first-order valence-electron chi connectivity index (χ1n) is 6.74. The summed E-state index contributed by atoms with van der Waals surface area (Å²) in [5, 5.41) is 7.41. The Bertz CT molecular complexity index is 1030. The lowest BCUT2D eigenvalue weighted by Crippen LogP contribution is -2.14. The predicted octanol–water partition coefficient (Wildman–Crippen LogP) is 2.80. The normalized spacial score (nSPS) is 11.4. The van der Waals surface area contributed by atoms with Gasteiger partial charge in [-0.15, -0.1) is 0 Å². The lowest BCUT2D eigenvalue weighted by molar-refractivity contribution is 0.0600. The van der Waals surface area contributed by atoms with Crippen molar-refractivity contribution < 1.29 is 17.9 Å². The highest BCUT2D eigenvalue weighted by atomic mass is 35.5. The van der Waals surface area contributed by atoms with Crippen molar-refractivity contribution in [3.8, 4) is 0 Å². The Hall–Kier alpha value is -2.58. The van der Waals surface area contributed by atoms with Crippen LogP contribution in [0.5, 0.6) is 0 Å². The van der Waals surface area contributed by atoms with Crippen molar-refractivity contribution >= 4 is 44.2 Å². The Morgan fingerprint density at radius 2 is 2.04 bits per heavy atom. The van der Waals surface area contributed by atoms with E-state index in [-0.39, 0.29) is 15.5 Å². The zero-order valence-electron chi connectivity index (χ0n) is 12.4. The Kier molecular flexibility index (Phi) is 4.16. The molecule has 2 N–H and O–H groups in total. The molecule has 0 atom stereocenters. The van der Waals surface area contributed by atoms with Gasteiger partial charge in [-0.05, 0) is 36.4 Å².